The number of aliphatic hydroxyl groups is 1. The lowest BCUT2D eigenvalue weighted by molar-refractivity contribution is 0.281. The van der Waals surface area contributed by atoms with E-state index >= 15 is 0 Å². The zero-order valence-electron chi connectivity index (χ0n) is 10.5. The SMILES string of the molecule is OCc1ccc(Oc2ccc3c(c2)CCC3)c(Cl)c1. The maximum Gasteiger partial charge on any atom is 0.146 e. The van der Waals surface area contributed by atoms with Gasteiger partial charge in [0.2, 0.25) is 0 Å². The third kappa shape index (κ3) is 2.60. The Morgan fingerprint density at radius 2 is 1.89 bits per heavy atom. The smallest absolute Gasteiger partial charge is 0.146 e. The summed E-state index contributed by atoms with van der Waals surface area (Å²) in [6.07, 6.45) is 3.52. The van der Waals surface area contributed by atoms with Crippen LogP contribution in [0.1, 0.15) is 23.1 Å². The predicted molar refractivity (Wildman–Crippen MR) is 75.9 cm³/mol. The average Bonchev–Trinajstić information content (AvgIpc) is 2.88. The van der Waals surface area contributed by atoms with Gasteiger partial charge in [0.15, 0.2) is 0 Å². The zero-order valence-corrected chi connectivity index (χ0v) is 11.3. The predicted octanol–water partition coefficient (Wildman–Crippen LogP) is 4.11. The van der Waals surface area contributed by atoms with Crippen molar-refractivity contribution in [1.82, 2.24) is 0 Å². The lowest BCUT2D eigenvalue weighted by Crippen LogP contribution is -1.90. The van der Waals surface area contributed by atoms with E-state index in [4.69, 9.17) is 21.4 Å². The van der Waals surface area contributed by atoms with Gasteiger partial charge in [0.25, 0.3) is 0 Å². The Balaban J connectivity index is 1.85. The standard InChI is InChI=1S/C16H15ClO2/c17-15-8-11(10-18)4-7-16(15)19-14-6-5-12-2-1-3-13(12)9-14/h4-9,18H,1-3,10H2. The van der Waals surface area contributed by atoms with Gasteiger partial charge in [-0.1, -0.05) is 23.7 Å². The minimum atomic E-state index is -0.0150. The second-order valence-corrected chi connectivity index (χ2v) is 5.22. The largest absolute Gasteiger partial charge is 0.456 e. The minimum Gasteiger partial charge on any atom is -0.456 e. The van der Waals surface area contributed by atoms with Crippen molar-refractivity contribution in [2.75, 3.05) is 0 Å². The Hall–Kier alpha value is -1.51. The second-order valence-electron chi connectivity index (χ2n) is 4.81. The molecular formula is C16H15ClO2. The van der Waals surface area contributed by atoms with Gasteiger partial charge in [-0.15, -0.1) is 0 Å². The molecule has 0 atom stereocenters. The summed E-state index contributed by atoms with van der Waals surface area (Å²) < 4.78 is 5.82. The van der Waals surface area contributed by atoms with Crippen molar-refractivity contribution in [3.63, 3.8) is 0 Å². The first-order chi connectivity index (χ1) is 9.26. The molecule has 0 spiro atoms. The summed E-state index contributed by atoms with van der Waals surface area (Å²) in [4.78, 5) is 0. The molecule has 1 aliphatic rings. The fourth-order valence-electron chi connectivity index (χ4n) is 2.46. The maximum absolute atomic E-state index is 9.05. The normalized spacial score (nSPS) is 13.4. The molecule has 0 aliphatic heterocycles. The summed E-state index contributed by atoms with van der Waals surface area (Å²) in [6, 6.07) is 11.5. The first-order valence-electron chi connectivity index (χ1n) is 6.45. The summed E-state index contributed by atoms with van der Waals surface area (Å²) in [7, 11) is 0. The van der Waals surface area contributed by atoms with Crippen molar-refractivity contribution in [1.29, 1.82) is 0 Å². The molecule has 0 aromatic heterocycles. The van der Waals surface area contributed by atoms with E-state index in [2.05, 4.69) is 12.1 Å². The van der Waals surface area contributed by atoms with Gasteiger partial charge >= 0.3 is 0 Å². The number of aliphatic hydroxyl groups excluding tert-OH is 1. The molecule has 0 amide bonds. The molecule has 3 heteroatoms. The summed E-state index contributed by atoms with van der Waals surface area (Å²) in [6.45, 7) is -0.0150. The Morgan fingerprint density at radius 3 is 2.68 bits per heavy atom. The Morgan fingerprint density at radius 1 is 1.05 bits per heavy atom. The first kappa shape index (κ1) is 12.5. The van der Waals surface area contributed by atoms with Crippen LogP contribution in [0.25, 0.3) is 0 Å². The molecule has 0 heterocycles. The highest BCUT2D eigenvalue weighted by atomic mass is 35.5. The Bertz CT molecular complexity index is 608. The van der Waals surface area contributed by atoms with Crippen LogP contribution in [0.2, 0.25) is 5.02 Å². The van der Waals surface area contributed by atoms with Crippen LogP contribution in [-0.4, -0.2) is 5.11 Å². The van der Waals surface area contributed by atoms with Crippen molar-refractivity contribution in [3.8, 4) is 11.5 Å². The van der Waals surface area contributed by atoms with Gasteiger partial charge < -0.3 is 9.84 Å². The van der Waals surface area contributed by atoms with Crippen LogP contribution in [0.5, 0.6) is 11.5 Å². The molecule has 98 valence electrons. The van der Waals surface area contributed by atoms with E-state index in [9.17, 15) is 0 Å². The molecule has 2 aromatic rings. The first-order valence-corrected chi connectivity index (χ1v) is 6.83. The van der Waals surface area contributed by atoms with Crippen molar-refractivity contribution < 1.29 is 9.84 Å². The van der Waals surface area contributed by atoms with Crippen LogP contribution >= 0.6 is 11.6 Å². The summed E-state index contributed by atoms with van der Waals surface area (Å²) in [5.74, 6) is 1.44. The van der Waals surface area contributed by atoms with Gasteiger partial charge in [0, 0.05) is 0 Å². The van der Waals surface area contributed by atoms with E-state index < -0.39 is 0 Å². The van der Waals surface area contributed by atoms with Crippen molar-refractivity contribution in [3.05, 3.63) is 58.1 Å². The van der Waals surface area contributed by atoms with E-state index in [1.807, 2.05) is 12.1 Å². The molecule has 0 saturated carbocycles. The van der Waals surface area contributed by atoms with E-state index in [1.54, 1.807) is 12.1 Å². The number of benzene rings is 2. The molecule has 19 heavy (non-hydrogen) atoms. The van der Waals surface area contributed by atoms with Gasteiger partial charge in [-0.3, -0.25) is 0 Å². The highest BCUT2D eigenvalue weighted by molar-refractivity contribution is 6.32. The number of ether oxygens (including phenoxy) is 1. The Kier molecular flexibility index (Phi) is 3.45. The molecule has 1 N–H and O–H groups in total. The van der Waals surface area contributed by atoms with Crippen LogP contribution in [0.3, 0.4) is 0 Å². The third-order valence-electron chi connectivity index (χ3n) is 3.48. The molecule has 1 aliphatic carbocycles. The fourth-order valence-corrected chi connectivity index (χ4v) is 2.71. The molecular weight excluding hydrogens is 260 g/mol. The van der Waals surface area contributed by atoms with Gasteiger partial charge in [-0.05, 0) is 60.2 Å². The summed E-state index contributed by atoms with van der Waals surface area (Å²) in [5.41, 5.74) is 3.58. The lowest BCUT2D eigenvalue weighted by atomic mass is 10.1. The topological polar surface area (TPSA) is 29.5 Å². The molecule has 2 aromatic carbocycles. The average molecular weight is 275 g/mol. The van der Waals surface area contributed by atoms with Gasteiger partial charge in [0.05, 0.1) is 11.6 Å². The number of hydrogen-bond donors (Lipinski definition) is 1. The second kappa shape index (κ2) is 5.24. The maximum atomic E-state index is 9.05. The van der Waals surface area contributed by atoms with Gasteiger partial charge in [0.1, 0.15) is 11.5 Å². The van der Waals surface area contributed by atoms with Gasteiger partial charge in [-0.25, -0.2) is 0 Å². The number of aryl methyl sites for hydroxylation is 2. The lowest BCUT2D eigenvalue weighted by Gasteiger charge is -2.10. The molecule has 0 unspecified atom stereocenters. The highest BCUT2D eigenvalue weighted by Gasteiger charge is 2.12. The molecule has 2 nitrogen and oxygen atoms in total. The zero-order chi connectivity index (χ0) is 13.2. The van der Waals surface area contributed by atoms with E-state index in [0.717, 1.165) is 17.7 Å². The molecule has 0 radical (unpaired) electrons. The molecule has 0 bridgehead atoms. The van der Waals surface area contributed by atoms with Crippen LogP contribution in [0.4, 0.5) is 0 Å². The quantitative estimate of drug-likeness (QED) is 0.912. The number of fused-ring (bicyclic) bond motifs is 1. The van der Waals surface area contributed by atoms with Crippen LogP contribution < -0.4 is 4.74 Å². The van der Waals surface area contributed by atoms with Crippen LogP contribution in [0.15, 0.2) is 36.4 Å². The van der Waals surface area contributed by atoms with Crippen LogP contribution in [-0.2, 0) is 19.4 Å². The van der Waals surface area contributed by atoms with Gasteiger partial charge in [-0.2, -0.15) is 0 Å². The van der Waals surface area contributed by atoms with Crippen molar-refractivity contribution in [2.45, 2.75) is 25.9 Å². The Labute approximate surface area is 117 Å². The van der Waals surface area contributed by atoms with Crippen molar-refractivity contribution >= 4 is 11.6 Å². The summed E-state index contributed by atoms with van der Waals surface area (Å²) in [5, 5.41) is 9.57. The molecule has 0 saturated heterocycles. The molecule has 0 fully saturated rings. The number of hydrogen-bond acceptors (Lipinski definition) is 2. The summed E-state index contributed by atoms with van der Waals surface area (Å²) >= 11 is 6.14. The minimum absolute atomic E-state index is 0.0150. The molecule has 3 rings (SSSR count). The highest BCUT2D eigenvalue weighted by Crippen LogP contribution is 2.32. The monoisotopic (exact) mass is 274 g/mol. The van der Waals surface area contributed by atoms with E-state index in [0.29, 0.717) is 10.8 Å². The van der Waals surface area contributed by atoms with Crippen LogP contribution in [0, 0.1) is 0 Å². The van der Waals surface area contributed by atoms with E-state index in [-0.39, 0.29) is 6.61 Å². The fraction of sp³-hybridized carbons (Fsp3) is 0.250. The van der Waals surface area contributed by atoms with E-state index in [1.165, 1.54) is 24.0 Å². The van der Waals surface area contributed by atoms with Crippen molar-refractivity contribution in [2.24, 2.45) is 0 Å². The number of rotatable bonds is 3. The number of halogens is 1. The third-order valence-corrected chi connectivity index (χ3v) is 3.77.